The summed E-state index contributed by atoms with van der Waals surface area (Å²) in [5.74, 6) is 2.15. The van der Waals surface area contributed by atoms with E-state index in [9.17, 15) is 0 Å². The molecule has 2 N–H and O–H groups in total. The van der Waals surface area contributed by atoms with Crippen molar-refractivity contribution in [3.05, 3.63) is 30.1 Å². The minimum atomic E-state index is 0.374. The highest BCUT2D eigenvalue weighted by atomic mass is 16.5. The number of para-hydroxylation sites is 1. The van der Waals surface area contributed by atoms with Crippen LogP contribution in [0.5, 0.6) is 5.75 Å². The summed E-state index contributed by atoms with van der Waals surface area (Å²) < 4.78 is 6.94. The van der Waals surface area contributed by atoms with E-state index < -0.39 is 0 Å². The van der Waals surface area contributed by atoms with E-state index in [1.807, 2.05) is 31.3 Å². The SMILES string of the molecule is COc1ccccc1-c1nc(CN)n(C)n1. The maximum atomic E-state index is 5.56. The Bertz CT molecular complexity index is 492. The molecule has 1 aromatic carbocycles. The molecule has 0 radical (unpaired) electrons. The molecule has 0 aliphatic rings. The zero-order chi connectivity index (χ0) is 11.5. The van der Waals surface area contributed by atoms with Gasteiger partial charge in [-0.1, -0.05) is 12.1 Å². The van der Waals surface area contributed by atoms with E-state index in [4.69, 9.17) is 10.5 Å². The average molecular weight is 218 g/mol. The second kappa shape index (κ2) is 4.32. The lowest BCUT2D eigenvalue weighted by Crippen LogP contribution is -2.05. The zero-order valence-electron chi connectivity index (χ0n) is 9.34. The monoisotopic (exact) mass is 218 g/mol. The van der Waals surface area contributed by atoms with Gasteiger partial charge in [0.1, 0.15) is 11.6 Å². The van der Waals surface area contributed by atoms with Crippen LogP contribution in [0.25, 0.3) is 11.4 Å². The van der Waals surface area contributed by atoms with Crippen LogP contribution >= 0.6 is 0 Å². The molecule has 5 heteroatoms. The maximum Gasteiger partial charge on any atom is 0.185 e. The largest absolute Gasteiger partial charge is 0.496 e. The van der Waals surface area contributed by atoms with Crippen molar-refractivity contribution < 1.29 is 4.74 Å². The summed E-state index contributed by atoms with van der Waals surface area (Å²) >= 11 is 0. The van der Waals surface area contributed by atoms with Crippen LogP contribution in [0.2, 0.25) is 0 Å². The molecular weight excluding hydrogens is 204 g/mol. The van der Waals surface area contributed by atoms with Crippen molar-refractivity contribution >= 4 is 0 Å². The molecule has 0 spiro atoms. The normalized spacial score (nSPS) is 10.4. The van der Waals surface area contributed by atoms with Crippen molar-refractivity contribution in [3.63, 3.8) is 0 Å². The number of benzene rings is 1. The number of nitrogens with two attached hydrogens (primary N) is 1. The first-order valence-electron chi connectivity index (χ1n) is 4.99. The van der Waals surface area contributed by atoms with Crippen LogP contribution < -0.4 is 10.5 Å². The summed E-state index contributed by atoms with van der Waals surface area (Å²) in [5.41, 5.74) is 6.43. The Morgan fingerprint density at radius 3 is 2.75 bits per heavy atom. The average Bonchev–Trinajstić information content (AvgIpc) is 2.70. The number of ether oxygens (including phenoxy) is 1. The van der Waals surface area contributed by atoms with Gasteiger partial charge in [-0.2, -0.15) is 5.10 Å². The fraction of sp³-hybridized carbons (Fsp3) is 0.273. The second-order valence-electron chi connectivity index (χ2n) is 3.38. The summed E-state index contributed by atoms with van der Waals surface area (Å²) in [5, 5.41) is 4.31. The van der Waals surface area contributed by atoms with Crippen LogP contribution in [-0.4, -0.2) is 21.9 Å². The minimum Gasteiger partial charge on any atom is -0.496 e. The molecule has 0 fully saturated rings. The predicted molar refractivity (Wildman–Crippen MR) is 60.9 cm³/mol. The van der Waals surface area contributed by atoms with Crippen molar-refractivity contribution in [2.45, 2.75) is 6.54 Å². The molecular formula is C11H14N4O. The van der Waals surface area contributed by atoms with E-state index in [1.165, 1.54) is 0 Å². The Morgan fingerprint density at radius 1 is 1.38 bits per heavy atom. The molecule has 1 aromatic heterocycles. The third kappa shape index (κ3) is 1.77. The third-order valence-corrected chi connectivity index (χ3v) is 2.38. The van der Waals surface area contributed by atoms with Crippen molar-refractivity contribution in [2.75, 3.05) is 7.11 Å². The van der Waals surface area contributed by atoms with Crippen molar-refractivity contribution in [1.82, 2.24) is 14.8 Å². The molecule has 0 saturated carbocycles. The summed E-state index contributed by atoms with van der Waals surface area (Å²) in [6, 6.07) is 7.65. The first-order valence-corrected chi connectivity index (χ1v) is 4.99. The zero-order valence-corrected chi connectivity index (χ0v) is 9.34. The number of methoxy groups -OCH3 is 1. The van der Waals surface area contributed by atoms with Gasteiger partial charge in [0.15, 0.2) is 5.82 Å². The van der Waals surface area contributed by atoms with E-state index >= 15 is 0 Å². The van der Waals surface area contributed by atoms with Crippen LogP contribution in [0.3, 0.4) is 0 Å². The number of hydrogen-bond donors (Lipinski definition) is 1. The Hall–Kier alpha value is -1.88. The van der Waals surface area contributed by atoms with E-state index in [2.05, 4.69) is 10.1 Å². The number of nitrogens with zero attached hydrogens (tertiary/aromatic N) is 3. The maximum absolute atomic E-state index is 5.56. The molecule has 0 unspecified atom stereocenters. The van der Waals surface area contributed by atoms with E-state index in [0.717, 1.165) is 17.1 Å². The molecule has 0 saturated heterocycles. The molecule has 2 aromatic rings. The van der Waals surface area contributed by atoms with Crippen LogP contribution in [-0.2, 0) is 13.6 Å². The molecule has 5 nitrogen and oxygen atoms in total. The van der Waals surface area contributed by atoms with Crippen LogP contribution in [0.4, 0.5) is 0 Å². The van der Waals surface area contributed by atoms with Crippen LogP contribution in [0, 0.1) is 0 Å². The first kappa shape index (κ1) is 10.6. The number of hydrogen-bond acceptors (Lipinski definition) is 4. The third-order valence-electron chi connectivity index (χ3n) is 2.38. The lowest BCUT2D eigenvalue weighted by atomic mass is 10.2. The molecule has 84 valence electrons. The van der Waals surface area contributed by atoms with Gasteiger partial charge in [0.2, 0.25) is 0 Å². The van der Waals surface area contributed by atoms with Gasteiger partial charge in [-0.15, -0.1) is 0 Å². The molecule has 0 amide bonds. The Kier molecular flexibility index (Phi) is 2.87. The van der Waals surface area contributed by atoms with Gasteiger partial charge in [0, 0.05) is 7.05 Å². The van der Waals surface area contributed by atoms with Gasteiger partial charge >= 0.3 is 0 Å². The molecule has 0 atom stereocenters. The highest BCUT2D eigenvalue weighted by Gasteiger charge is 2.11. The highest BCUT2D eigenvalue weighted by Crippen LogP contribution is 2.26. The molecule has 1 heterocycles. The molecule has 0 bridgehead atoms. The first-order chi connectivity index (χ1) is 7.76. The molecule has 16 heavy (non-hydrogen) atoms. The highest BCUT2D eigenvalue weighted by molar-refractivity contribution is 5.63. The van der Waals surface area contributed by atoms with Gasteiger partial charge in [-0.25, -0.2) is 4.98 Å². The Labute approximate surface area is 93.9 Å². The number of aryl methyl sites for hydroxylation is 1. The topological polar surface area (TPSA) is 66.0 Å². The summed E-state index contributed by atoms with van der Waals surface area (Å²) in [6.07, 6.45) is 0. The van der Waals surface area contributed by atoms with Crippen LogP contribution in [0.1, 0.15) is 5.82 Å². The summed E-state index contributed by atoms with van der Waals surface area (Å²) in [7, 11) is 3.46. The van der Waals surface area contributed by atoms with E-state index in [-0.39, 0.29) is 0 Å². The van der Waals surface area contributed by atoms with Crippen LogP contribution in [0.15, 0.2) is 24.3 Å². The van der Waals surface area contributed by atoms with E-state index in [1.54, 1.807) is 11.8 Å². The standard InChI is InChI=1S/C11H14N4O/c1-15-10(7-12)13-11(14-15)8-5-3-4-6-9(8)16-2/h3-6H,7,12H2,1-2H3. The minimum absolute atomic E-state index is 0.374. The fourth-order valence-corrected chi connectivity index (χ4v) is 1.54. The van der Waals surface area contributed by atoms with Crippen molar-refractivity contribution in [3.8, 4) is 17.1 Å². The number of rotatable bonds is 3. The van der Waals surface area contributed by atoms with E-state index in [0.29, 0.717) is 12.4 Å². The van der Waals surface area contributed by atoms with Gasteiger partial charge in [0.25, 0.3) is 0 Å². The molecule has 0 aliphatic carbocycles. The Morgan fingerprint density at radius 2 is 2.12 bits per heavy atom. The van der Waals surface area contributed by atoms with Gasteiger partial charge in [0.05, 0.1) is 19.2 Å². The van der Waals surface area contributed by atoms with Gasteiger partial charge < -0.3 is 10.5 Å². The lowest BCUT2D eigenvalue weighted by Gasteiger charge is -2.03. The molecule has 2 rings (SSSR count). The van der Waals surface area contributed by atoms with Gasteiger partial charge in [-0.3, -0.25) is 4.68 Å². The number of aromatic nitrogens is 3. The second-order valence-corrected chi connectivity index (χ2v) is 3.38. The summed E-state index contributed by atoms with van der Waals surface area (Å²) in [4.78, 5) is 4.35. The van der Waals surface area contributed by atoms with Crippen molar-refractivity contribution in [1.29, 1.82) is 0 Å². The van der Waals surface area contributed by atoms with Gasteiger partial charge in [-0.05, 0) is 12.1 Å². The smallest absolute Gasteiger partial charge is 0.185 e. The quantitative estimate of drug-likeness (QED) is 0.833. The Balaban J connectivity index is 2.49. The fourth-order valence-electron chi connectivity index (χ4n) is 1.54. The summed E-state index contributed by atoms with van der Waals surface area (Å²) in [6.45, 7) is 0.374. The predicted octanol–water partition coefficient (Wildman–Crippen LogP) is 0.949. The molecule has 0 aliphatic heterocycles. The lowest BCUT2D eigenvalue weighted by molar-refractivity contribution is 0.416. The van der Waals surface area contributed by atoms with Crippen molar-refractivity contribution in [2.24, 2.45) is 12.8 Å².